The molecule has 0 unspecified atom stereocenters. The van der Waals surface area contributed by atoms with Gasteiger partial charge >= 0.3 is 0 Å². The van der Waals surface area contributed by atoms with Crippen molar-refractivity contribution >= 4 is 33.9 Å². The third kappa shape index (κ3) is 4.59. The number of nitriles is 1. The Kier molecular flexibility index (Phi) is 5.65. The highest BCUT2D eigenvalue weighted by atomic mass is 35.5. The molecule has 198 valence electrons. The topological polar surface area (TPSA) is 91.5 Å². The van der Waals surface area contributed by atoms with Crippen LogP contribution in [0.4, 0.5) is 15.8 Å². The second kappa shape index (κ2) is 9.49. The fourth-order valence-electron chi connectivity index (χ4n) is 5.88. The normalized spacial score (nSPS) is 20.0. The molecule has 0 bridgehead atoms. The van der Waals surface area contributed by atoms with Gasteiger partial charge in [0.25, 0.3) is 0 Å². The molecule has 0 amide bonds. The average molecular weight is 543 g/mol. The van der Waals surface area contributed by atoms with Crippen molar-refractivity contribution in [3.8, 4) is 6.07 Å². The number of hydrogen-bond donors (Lipinski definition) is 2. The summed E-state index contributed by atoms with van der Waals surface area (Å²) in [6, 6.07) is 10.4. The third-order valence-corrected chi connectivity index (χ3v) is 8.83. The molecule has 4 aromatic rings. The summed E-state index contributed by atoms with van der Waals surface area (Å²) in [5.41, 5.74) is 3.50. The van der Waals surface area contributed by atoms with E-state index in [1.54, 1.807) is 35.3 Å². The van der Waals surface area contributed by atoms with E-state index in [4.69, 9.17) is 11.6 Å². The van der Waals surface area contributed by atoms with E-state index in [1.807, 2.05) is 6.07 Å². The summed E-state index contributed by atoms with van der Waals surface area (Å²) in [7, 11) is 0. The fraction of sp³-hybridized carbons (Fsp3) is 0.400. The molecule has 2 aromatic carbocycles. The lowest BCUT2D eigenvalue weighted by atomic mass is 9.65. The standard InChI is InChI=1S/C30H29ClFN7/c31-25-13-22(36-28(18-2-6-21(32)7-3-18)26-16-39(38-37-26)23-8-9-23)12-24-27(19(14-33)15-34-29(24)25)35-17-30(10-1-11-30)20-4-5-20/h2-3,6-7,12-13,15-16,20,23,28,36H,1,4-5,8-11,17H2,(H,34,35)/t28-/m0/s1/i28D. The number of hydrogen-bond acceptors (Lipinski definition) is 6. The van der Waals surface area contributed by atoms with Crippen molar-refractivity contribution in [1.29, 1.82) is 5.26 Å². The number of nitrogens with one attached hydrogen (secondary N) is 2. The molecular formula is C30H29ClFN7. The second-order valence-corrected chi connectivity index (χ2v) is 11.6. The molecule has 3 aliphatic carbocycles. The van der Waals surface area contributed by atoms with Gasteiger partial charge in [0.15, 0.2) is 0 Å². The lowest BCUT2D eigenvalue weighted by Gasteiger charge is -2.43. The van der Waals surface area contributed by atoms with Crippen LogP contribution in [0, 0.1) is 28.5 Å². The summed E-state index contributed by atoms with van der Waals surface area (Å²) in [5, 5.41) is 26.6. The summed E-state index contributed by atoms with van der Waals surface area (Å²) < 4.78 is 25.2. The number of anilines is 2. The highest BCUT2D eigenvalue weighted by Gasteiger charge is 2.48. The molecule has 0 saturated heterocycles. The van der Waals surface area contributed by atoms with E-state index in [0.717, 1.165) is 25.3 Å². The predicted octanol–water partition coefficient (Wildman–Crippen LogP) is 7.02. The molecule has 7 nitrogen and oxygen atoms in total. The summed E-state index contributed by atoms with van der Waals surface area (Å²) in [6.45, 7) is 0.809. The number of halogens is 2. The van der Waals surface area contributed by atoms with Gasteiger partial charge in [-0.1, -0.05) is 35.4 Å². The predicted molar refractivity (Wildman–Crippen MR) is 149 cm³/mol. The van der Waals surface area contributed by atoms with Gasteiger partial charge in [0.1, 0.15) is 17.6 Å². The van der Waals surface area contributed by atoms with E-state index in [2.05, 4.69) is 32.0 Å². The minimum atomic E-state index is -1.58. The summed E-state index contributed by atoms with van der Waals surface area (Å²) >= 11 is 6.76. The largest absolute Gasteiger partial charge is 0.383 e. The Morgan fingerprint density at radius 3 is 2.67 bits per heavy atom. The van der Waals surface area contributed by atoms with Crippen LogP contribution in [-0.4, -0.2) is 26.5 Å². The van der Waals surface area contributed by atoms with Gasteiger partial charge in [-0.25, -0.2) is 9.07 Å². The van der Waals surface area contributed by atoms with Gasteiger partial charge in [0.05, 0.1) is 41.4 Å². The fourth-order valence-corrected chi connectivity index (χ4v) is 6.15. The van der Waals surface area contributed by atoms with E-state index < -0.39 is 6.02 Å². The first-order valence-corrected chi connectivity index (χ1v) is 14.0. The first-order valence-electron chi connectivity index (χ1n) is 14.1. The van der Waals surface area contributed by atoms with Crippen molar-refractivity contribution in [3.05, 3.63) is 76.5 Å². The van der Waals surface area contributed by atoms with Crippen LogP contribution < -0.4 is 10.6 Å². The van der Waals surface area contributed by atoms with E-state index in [9.17, 15) is 11.0 Å². The Morgan fingerprint density at radius 2 is 2.00 bits per heavy atom. The number of benzene rings is 2. The van der Waals surface area contributed by atoms with Gasteiger partial charge in [0, 0.05) is 23.8 Å². The van der Waals surface area contributed by atoms with Gasteiger partial charge in [0.2, 0.25) is 0 Å². The zero-order valence-electron chi connectivity index (χ0n) is 22.4. The molecule has 7 rings (SSSR count). The minimum Gasteiger partial charge on any atom is -0.383 e. The van der Waals surface area contributed by atoms with Crippen LogP contribution >= 0.6 is 11.6 Å². The quantitative estimate of drug-likeness (QED) is 0.236. The first kappa shape index (κ1) is 23.2. The van der Waals surface area contributed by atoms with Gasteiger partial charge in [-0.3, -0.25) is 4.98 Å². The van der Waals surface area contributed by atoms with Crippen molar-refractivity contribution < 1.29 is 5.76 Å². The maximum atomic E-state index is 13.8. The molecule has 3 saturated carbocycles. The SMILES string of the molecule is [2H][C@](Nc1cc(Cl)c2ncc(C#N)c(NCC3(C4CC4)CCC3)c2c1)(c1ccc(F)cc1)c1cn(C2CC2)nn1. The molecule has 2 heterocycles. The van der Waals surface area contributed by atoms with Crippen molar-refractivity contribution in [1.82, 2.24) is 20.0 Å². The molecule has 3 fully saturated rings. The van der Waals surface area contributed by atoms with E-state index in [1.165, 1.54) is 44.2 Å². The Bertz CT molecular complexity index is 1640. The Balaban J connectivity index is 1.29. The van der Waals surface area contributed by atoms with Crippen LogP contribution in [0.5, 0.6) is 0 Å². The molecule has 1 atom stereocenters. The number of aromatic nitrogens is 4. The van der Waals surface area contributed by atoms with Crippen LogP contribution in [0.25, 0.3) is 10.9 Å². The number of nitrogens with zero attached hydrogens (tertiary/aromatic N) is 5. The van der Waals surface area contributed by atoms with Gasteiger partial charge in [-0.2, -0.15) is 5.26 Å². The average Bonchev–Trinajstić information content (AvgIpc) is 3.87. The van der Waals surface area contributed by atoms with Crippen molar-refractivity contribution in [2.75, 3.05) is 17.2 Å². The van der Waals surface area contributed by atoms with Crippen LogP contribution in [0.2, 0.25) is 5.02 Å². The van der Waals surface area contributed by atoms with E-state index >= 15 is 0 Å². The minimum absolute atomic E-state index is 0.299. The molecule has 9 heteroatoms. The van der Waals surface area contributed by atoms with Crippen LogP contribution in [0.15, 0.2) is 48.8 Å². The molecule has 2 N–H and O–H groups in total. The van der Waals surface area contributed by atoms with E-state index in [-0.39, 0.29) is 5.82 Å². The highest BCUT2D eigenvalue weighted by molar-refractivity contribution is 6.35. The van der Waals surface area contributed by atoms with Gasteiger partial charge in [-0.15, -0.1) is 5.10 Å². The lowest BCUT2D eigenvalue weighted by Crippen LogP contribution is -2.38. The van der Waals surface area contributed by atoms with Crippen LogP contribution in [0.3, 0.4) is 0 Å². The van der Waals surface area contributed by atoms with Gasteiger partial charge in [-0.05, 0) is 79.7 Å². The Morgan fingerprint density at radius 1 is 1.21 bits per heavy atom. The second-order valence-electron chi connectivity index (χ2n) is 11.2. The van der Waals surface area contributed by atoms with Gasteiger partial charge < -0.3 is 10.6 Å². The monoisotopic (exact) mass is 542 g/mol. The maximum absolute atomic E-state index is 13.8. The molecule has 0 spiro atoms. The molecule has 0 radical (unpaired) electrons. The van der Waals surface area contributed by atoms with Crippen molar-refractivity contribution in [2.24, 2.45) is 11.3 Å². The zero-order valence-corrected chi connectivity index (χ0v) is 22.2. The molecule has 3 aliphatic rings. The summed E-state index contributed by atoms with van der Waals surface area (Å²) in [5.74, 6) is 0.375. The maximum Gasteiger partial charge on any atom is 0.123 e. The summed E-state index contributed by atoms with van der Waals surface area (Å²) in [6.07, 6.45) is 11.6. The molecule has 0 aliphatic heterocycles. The van der Waals surface area contributed by atoms with Crippen LogP contribution in [0.1, 0.15) is 75.2 Å². The molecule has 2 aromatic heterocycles. The lowest BCUT2D eigenvalue weighted by molar-refractivity contribution is 0.118. The smallest absolute Gasteiger partial charge is 0.123 e. The third-order valence-electron chi connectivity index (χ3n) is 8.54. The summed E-state index contributed by atoms with van der Waals surface area (Å²) in [4.78, 5) is 4.50. The number of pyridine rings is 1. The Hall–Kier alpha value is -3.70. The van der Waals surface area contributed by atoms with Crippen molar-refractivity contribution in [2.45, 2.75) is 57.0 Å². The van der Waals surface area contributed by atoms with Crippen LogP contribution in [-0.2, 0) is 0 Å². The number of rotatable bonds is 9. The highest BCUT2D eigenvalue weighted by Crippen LogP contribution is 2.57. The van der Waals surface area contributed by atoms with E-state index in [0.29, 0.717) is 55.6 Å². The Labute approximate surface area is 232 Å². The molecule has 39 heavy (non-hydrogen) atoms. The number of fused-ring (bicyclic) bond motifs is 1. The molecular weight excluding hydrogens is 513 g/mol. The first-order chi connectivity index (χ1) is 19.4. The van der Waals surface area contributed by atoms with Crippen molar-refractivity contribution in [3.63, 3.8) is 0 Å². The zero-order chi connectivity index (χ0) is 27.5.